The summed E-state index contributed by atoms with van der Waals surface area (Å²) >= 11 is 0. The minimum absolute atomic E-state index is 0.121. The monoisotopic (exact) mass is 429 g/mol. The summed E-state index contributed by atoms with van der Waals surface area (Å²) in [6.07, 6.45) is 4.95. The lowest BCUT2D eigenvalue weighted by atomic mass is 9.85. The quantitative estimate of drug-likeness (QED) is 0.314. The number of ether oxygens (including phenoxy) is 1. The third-order valence-electron chi connectivity index (χ3n) is 6.84. The second-order valence-electron chi connectivity index (χ2n) is 8.88. The summed E-state index contributed by atoms with van der Waals surface area (Å²) in [5.41, 5.74) is 2.85. The average molecular weight is 429 g/mol. The number of ketones is 1. The van der Waals surface area contributed by atoms with E-state index in [2.05, 4.69) is 0 Å². The van der Waals surface area contributed by atoms with Gasteiger partial charge in [-0.05, 0) is 61.9 Å². The van der Waals surface area contributed by atoms with E-state index >= 15 is 0 Å². The maximum Gasteiger partial charge on any atom is 0.338 e. The van der Waals surface area contributed by atoms with Gasteiger partial charge in [-0.2, -0.15) is 0 Å². The first-order valence-electron chi connectivity index (χ1n) is 10.8. The number of carbonyl (C=O) groups is 4. The van der Waals surface area contributed by atoms with Crippen LogP contribution in [0.2, 0.25) is 0 Å². The Kier molecular flexibility index (Phi) is 4.81. The molecule has 0 spiro atoms. The van der Waals surface area contributed by atoms with Crippen LogP contribution in [-0.4, -0.2) is 30.2 Å². The normalized spacial score (nSPS) is 25.4. The Morgan fingerprint density at radius 3 is 2.34 bits per heavy atom. The molecule has 1 saturated carbocycles. The van der Waals surface area contributed by atoms with E-state index in [9.17, 15) is 19.2 Å². The summed E-state index contributed by atoms with van der Waals surface area (Å²) in [5, 5.41) is 0. The smallest absolute Gasteiger partial charge is 0.338 e. The number of Topliss-reactive ketones (excluding diaryl/α,β-unsaturated/α-hetero) is 1. The van der Waals surface area contributed by atoms with Crippen molar-refractivity contribution in [1.29, 1.82) is 0 Å². The van der Waals surface area contributed by atoms with Crippen LogP contribution in [0.3, 0.4) is 0 Å². The first-order valence-corrected chi connectivity index (χ1v) is 10.8. The van der Waals surface area contributed by atoms with Gasteiger partial charge in [0.1, 0.15) is 0 Å². The molecule has 6 heteroatoms. The summed E-state index contributed by atoms with van der Waals surface area (Å²) in [5.74, 6) is -1.72. The number of carbonyl (C=O) groups excluding carboxylic acids is 4. The average Bonchev–Trinajstić information content (AvgIpc) is 3.47. The van der Waals surface area contributed by atoms with Gasteiger partial charge in [-0.25, -0.2) is 9.69 Å². The molecule has 0 radical (unpaired) electrons. The predicted molar refractivity (Wildman–Crippen MR) is 117 cm³/mol. The summed E-state index contributed by atoms with van der Waals surface area (Å²) in [4.78, 5) is 52.3. The van der Waals surface area contributed by atoms with Crippen molar-refractivity contribution in [3.8, 4) is 0 Å². The van der Waals surface area contributed by atoms with Gasteiger partial charge in [0.25, 0.3) is 0 Å². The number of hydrogen-bond donors (Lipinski definition) is 0. The maximum atomic E-state index is 13.0. The van der Waals surface area contributed by atoms with Crippen molar-refractivity contribution in [2.24, 2.45) is 23.7 Å². The van der Waals surface area contributed by atoms with Gasteiger partial charge in [0.2, 0.25) is 17.6 Å². The molecule has 162 valence electrons. The van der Waals surface area contributed by atoms with Gasteiger partial charge in [0, 0.05) is 5.56 Å². The number of esters is 1. The molecule has 6 nitrogen and oxygen atoms in total. The molecule has 5 rings (SSSR count). The lowest BCUT2D eigenvalue weighted by molar-refractivity contribution is -0.123. The Morgan fingerprint density at radius 2 is 1.66 bits per heavy atom. The Balaban J connectivity index is 1.31. The maximum absolute atomic E-state index is 13.0. The molecule has 0 aromatic heterocycles. The molecule has 2 amide bonds. The Labute approximate surface area is 185 Å². The number of imide groups is 1. The molecular formula is C26H23NO5. The molecule has 2 bridgehead atoms. The number of benzene rings is 2. The number of hydrogen-bond acceptors (Lipinski definition) is 5. The Hall–Kier alpha value is -3.54. The SMILES string of the molecule is Cc1ccc(C)c(C(=O)COC(=O)c2cccc(N3C(=O)[C@@H]4[C@@H](C3=O)[C@H]3C=C[C@H]4C3)c2)c1. The van der Waals surface area contributed by atoms with Crippen LogP contribution in [0.15, 0.2) is 54.6 Å². The van der Waals surface area contributed by atoms with Crippen LogP contribution in [-0.2, 0) is 14.3 Å². The van der Waals surface area contributed by atoms with E-state index < -0.39 is 5.97 Å². The number of rotatable bonds is 5. The van der Waals surface area contributed by atoms with E-state index in [0.29, 0.717) is 11.3 Å². The Bertz CT molecular complexity index is 1170. The summed E-state index contributed by atoms with van der Waals surface area (Å²) in [6, 6.07) is 11.8. The molecule has 2 aromatic carbocycles. The van der Waals surface area contributed by atoms with Crippen molar-refractivity contribution in [3.05, 3.63) is 76.9 Å². The topological polar surface area (TPSA) is 80.8 Å². The third-order valence-corrected chi connectivity index (χ3v) is 6.84. The van der Waals surface area contributed by atoms with Gasteiger partial charge >= 0.3 is 5.97 Å². The number of aryl methyl sites for hydroxylation is 2. The predicted octanol–water partition coefficient (Wildman–Crippen LogP) is 3.65. The van der Waals surface area contributed by atoms with Crippen LogP contribution in [0.25, 0.3) is 0 Å². The fourth-order valence-electron chi connectivity index (χ4n) is 5.26. The van der Waals surface area contributed by atoms with E-state index in [1.165, 1.54) is 11.0 Å². The molecule has 2 aromatic rings. The molecule has 4 atom stereocenters. The molecule has 1 heterocycles. The molecule has 32 heavy (non-hydrogen) atoms. The molecule has 0 N–H and O–H groups in total. The highest BCUT2D eigenvalue weighted by molar-refractivity contribution is 6.23. The van der Waals surface area contributed by atoms with E-state index in [-0.39, 0.29) is 53.4 Å². The zero-order chi connectivity index (χ0) is 22.6. The van der Waals surface area contributed by atoms with E-state index in [0.717, 1.165) is 17.5 Å². The van der Waals surface area contributed by atoms with E-state index in [1.807, 2.05) is 38.1 Å². The fourth-order valence-corrected chi connectivity index (χ4v) is 5.26. The standard InChI is InChI=1S/C26H23NO5/c1-14-6-7-15(2)20(10-14)21(28)13-32-26(31)18-4-3-5-19(12-18)27-24(29)22-16-8-9-17(11-16)23(22)25(27)30/h3-10,12,16-17,22-23H,11,13H2,1-2H3/t16-,17-,22-,23-/m0/s1. The number of nitrogens with zero attached hydrogens (tertiary/aromatic N) is 1. The van der Waals surface area contributed by atoms with Crippen LogP contribution < -0.4 is 4.90 Å². The van der Waals surface area contributed by atoms with Gasteiger partial charge in [-0.15, -0.1) is 0 Å². The summed E-state index contributed by atoms with van der Waals surface area (Å²) < 4.78 is 5.24. The number of fused-ring (bicyclic) bond motifs is 5. The van der Waals surface area contributed by atoms with Crippen LogP contribution in [0.1, 0.15) is 38.3 Å². The second-order valence-corrected chi connectivity index (χ2v) is 8.88. The zero-order valence-corrected chi connectivity index (χ0v) is 17.9. The molecule has 1 saturated heterocycles. The lowest BCUT2D eigenvalue weighted by Crippen LogP contribution is -2.33. The number of amides is 2. The van der Waals surface area contributed by atoms with E-state index in [4.69, 9.17) is 4.74 Å². The van der Waals surface area contributed by atoms with Crippen LogP contribution in [0, 0.1) is 37.5 Å². The highest BCUT2D eigenvalue weighted by Crippen LogP contribution is 2.53. The van der Waals surface area contributed by atoms with E-state index in [1.54, 1.807) is 24.3 Å². The summed E-state index contributed by atoms with van der Waals surface area (Å²) in [6.45, 7) is 3.34. The number of allylic oxidation sites excluding steroid dienone is 2. The number of anilines is 1. The highest BCUT2D eigenvalue weighted by atomic mass is 16.5. The second kappa shape index (κ2) is 7.55. The molecule has 0 unspecified atom stereocenters. The van der Waals surface area contributed by atoms with Gasteiger partial charge in [-0.3, -0.25) is 14.4 Å². The van der Waals surface area contributed by atoms with Gasteiger partial charge in [0.15, 0.2) is 6.61 Å². The molecular weight excluding hydrogens is 406 g/mol. The first-order chi connectivity index (χ1) is 15.3. The molecule has 3 aliphatic rings. The zero-order valence-electron chi connectivity index (χ0n) is 17.9. The van der Waals surface area contributed by atoms with Gasteiger partial charge < -0.3 is 4.74 Å². The Morgan fingerprint density at radius 1 is 0.969 bits per heavy atom. The van der Waals surface area contributed by atoms with Crippen LogP contribution in [0.4, 0.5) is 5.69 Å². The summed E-state index contributed by atoms with van der Waals surface area (Å²) in [7, 11) is 0. The molecule has 2 aliphatic carbocycles. The molecule has 1 aliphatic heterocycles. The minimum atomic E-state index is -0.675. The third kappa shape index (κ3) is 3.18. The lowest BCUT2D eigenvalue weighted by Gasteiger charge is -2.18. The van der Waals surface area contributed by atoms with Crippen molar-refractivity contribution >= 4 is 29.3 Å². The van der Waals surface area contributed by atoms with Gasteiger partial charge in [0.05, 0.1) is 23.1 Å². The van der Waals surface area contributed by atoms with Crippen molar-refractivity contribution in [2.75, 3.05) is 11.5 Å². The first kappa shape index (κ1) is 20.4. The highest BCUT2D eigenvalue weighted by Gasteiger charge is 2.59. The van der Waals surface area contributed by atoms with Crippen molar-refractivity contribution in [3.63, 3.8) is 0 Å². The largest absolute Gasteiger partial charge is 0.454 e. The van der Waals surface area contributed by atoms with Crippen molar-refractivity contribution in [1.82, 2.24) is 0 Å². The molecule has 2 fully saturated rings. The van der Waals surface area contributed by atoms with Crippen molar-refractivity contribution < 1.29 is 23.9 Å². The van der Waals surface area contributed by atoms with Crippen LogP contribution >= 0.6 is 0 Å². The minimum Gasteiger partial charge on any atom is -0.454 e. The van der Waals surface area contributed by atoms with Gasteiger partial charge in [-0.1, -0.05) is 35.9 Å². The van der Waals surface area contributed by atoms with Crippen molar-refractivity contribution in [2.45, 2.75) is 20.3 Å². The fraction of sp³-hybridized carbons (Fsp3) is 0.308. The van der Waals surface area contributed by atoms with Crippen LogP contribution in [0.5, 0.6) is 0 Å².